The van der Waals surface area contributed by atoms with E-state index in [9.17, 15) is 24.4 Å². The zero-order chi connectivity index (χ0) is 29.8. The van der Waals surface area contributed by atoms with Crippen molar-refractivity contribution in [1.82, 2.24) is 4.57 Å². The van der Waals surface area contributed by atoms with Gasteiger partial charge in [0.15, 0.2) is 24.5 Å². The number of esters is 4. The van der Waals surface area contributed by atoms with Crippen molar-refractivity contribution in [2.24, 2.45) is 0 Å². The smallest absolute Gasteiger partial charge is 0.303 e. The lowest BCUT2D eigenvalue weighted by atomic mass is 9.88. The van der Waals surface area contributed by atoms with Crippen molar-refractivity contribution in [3.8, 4) is 17.4 Å². The molecule has 0 spiro atoms. The number of nitriles is 1. The zero-order valence-corrected chi connectivity index (χ0v) is 23.9. The van der Waals surface area contributed by atoms with Crippen LogP contribution in [0.25, 0.3) is 11.3 Å². The molecule has 1 saturated heterocycles. The first kappa shape index (κ1) is 30.0. The van der Waals surface area contributed by atoms with Gasteiger partial charge < -0.3 is 32.7 Å². The molecule has 0 saturated carbocycles. The molecule has 0 bridgehead atoms. The Morgan fingerprint density at radius 3 is 2.20 bits per heavy atom. The van der Waals surface area contributed by atoms with Crippen LogP contribution in [0.5, 0.6) is 0 Å². The summed E-state index contributed by atoms with van der Waals surface area (Å²) in [6.07, 6.45) is -2.10. The van der Waals surface area contributed by atoms with Crippen molar-refractivity contribution >= 4 is 36.1 Å². The first-order valence-electron chi connectivity index (χ1n) is 13.1. The van der Waals surface area contributed by atoms with Crippen molar-refractivity contribution in [2.75, 3.05) is 6.61 Å². The Balaban J connectivity index is 1.98. The lowest BCUT2D eigenvalue weighted by Gasteiger charge is -2.46. The lowest BCUT2D eigenvalue weighted by Crippen LogP contribution is -2.61. The summed E-state index contributed by atoms with van der Waals surface area (Å²) < 4.78 is 35.7. The quantitative estimate of drug-likeness (QED) is 0.265. The Bertz CT molecular complexity index is 1440. The summed E-state index contributed by atoms with van der Waals surface area (Å²) in [6.45, 7) is 4.30. The number of hydrogen-bond donors (Lipinski definition) is 0. The van der Waals surface area contributed by atoms with E-state index in [-0.39, 0.29) is 16.8 Å². The summed E-state index contributed by atoms with van der Waals surface area (Å²) in [4.78, 5) is 48.4. The molecule has 1 fully saturated rings. The van der Waals surface area contributed by atoms with E-state index in [2.05, 4.69) is 6.07 Å². The van der Waals surface area contributed by atoms with Crippen molar-refractivity contribution in [1.29, 1.82) is 5.26 Å². The first-order chi connectivity index (χ1) is 19.5. The highest BCUT2D eigenvalue weighted by Gasteiger charge is 2.53. The number of aromatic nitrogens is 1. The van der Waals surface area contributed by atoms with Crippen molar-refractivity contribution in [3.05, 3.63) is 39.9 Å². The van der Waals surface area contributed by atoms with Gasteiger partial charge in [0, 0.05) is 39.0 Å². The Kier molecular flexibility index (Phi) is 9.25. The Labute approximate surface area is 241 Å². The molecule has 13 heteroatoms. The topological polar surface area (TPSA) is 156 Å². The van der Waals surface area contributed by atoms with Gasteiger partial charge in [0.25, 0.3) is 0 Å². The monoisotopic (exact) mass is 586 g/mol. The average molecular weight is 587 g/mol. The maximum Gasteiger partial charge on any atom is 0.303 e. The summed E-state index contributed by atoms with van der Waals surface area (Å²) in [5.74, 6) is -2.34. The summed E-state index contributed by atoms with van der Waals surface area (Å²) in [7, 11) is 0. The van der Waals surface area contributed by atoms with Crippen molar-refractivity contribution in [3.63, 3.8) is 0 Å². The molecule has 12 nitrogen and oxygen atoms in total. The van der Waals surface area contributed by atoms with E-state index in [0.717, 1.165) is 37.9 Å². The van der Waals surface area contributed by atoms with Crippen LogP contribution >= 0.6 is 12.2 Å². The van der Waals surface area contributed by atoms with E-state index in [1.165, 1.54) is 20.1 Å². The first-order valence-corrected chi connectivity index (χ1v) is 13.5. The number of carbonyl (C=O) groups excluding carboxylic acids is 4. The Morgan fingerprint density at radius 1 is 0.976 bits per heavy atom. The van der Waals surface area contributed by atoms with Crippen LogP contribution in [-0.2, 0) is 55.7 Å². The molecule has 1 aliphatic carbocycles. The number of fused-ring (bicyclic) bond motifs is 1. The second kappa shape index (κ2) is 12.7. The SMILES string of the molecule is CC(=O)OC[C@@H]1O[C@@H](n2c3c(c(-c4ccco4)c(C#N)c2=S)CCCC3)[C@@H](OC(C)=O)[C@@H](OC(C)=O)[C@H]1OC(C)=O. The highest BCUT2D eigenvalue weighted by atomic mass is 32.1. The van der Waals surface area contributed by atoms with Gasteiger partial charge in [0.1, 0.15) is 29.2 Å². The molecule has 2 aromatic heterocycles. The average Bonchev–Trinajstić information content (AvgIpc) is 3.43. The predicted octanol–water partition coefficient (Wildman–Crippen LogP) is 3.48. The molecule has 1 aliphatic heterocycles. The van der Waals surface area contributed by atoms with Crippen LogP contribution < -0.4 is 0 Å². The maximum absolute atomic E-state index is 12.4. The molecular weight excluding hydrogens is 556 g/mol. The molecule has 0 amide bonds. The standard InChI is InChI=1S/C28H30N2O10S/c1-14(31)36-13-22-24(37-15(2)32)25(38-16(3)33)26(39-17(4)34)27(40-22)30-20-9-6-5-8-18(20)23(19(12-29)28(30)41)21-10-7-11-35-21/h7,10-11,22,24-27H,5-6,8-9,13H2,1-4H3/t22-,24-,25-,26-,27+/m0/s1. The van der Waals surface area contributed by atoms with Gasteiger partial charge in [-0.3, -0.25) is 19.2 Å². The fraction of sp³-hybridized carbons (Fsp3) is 0.500. The number of ether oxygens (including phenoxy) is 5. The number of nitrogens with zero attached hydrogens (tertiary/aromatic N) is 2. The van der Waals surface area contributed by atoms with Crippen LogP contribution in [0.4, 0.5) is 0 Å². The van der Waals surface area contributed by atoms with E-state index in [1.807, 2.05) is 0 Å². The third kappa shape index (κ3) is 6.34. The molecule has 41 heavy (non-hydrogen) atoms. The molecule has 3 heterocycles. The normalized spacial score (nSPS) is 23.4. The molecule has 2 aliphatic rings. The number of hydrogen-bond acceptors (Lipinski definition) is 12. The molecule has 0 aromatic carbocycles. The van der Waals surface area contributed by atoms with Crippen LogP contribution in [0.15, 0.2) is 22.8 Å². The fourth-order valence-corrected chi connectivity index (χ4v) is 5.77. The van der Waals surface area contributed by atoms with Crippen LogP contribution in [0.1, 0.15) is 63.6 Å². The minimum atomic E-state index is -1.36. The lowest BCUT2D eigenvalue weighted by molar-refractivity contribution is -0.269. The van der Waals surface area contributed by atoms with E-state index in [4.69, 9.17) is 40.3 Å². The van der Waals surface area contributed by atoms with Gasteiger partial charge in [-0.15, -0.1) is 0 Å². The van der Waals surface area contributed by atoms with E-state index in [1.54, 1.807) is 16.7 Å². The summed E-state index contributed by atoms with van der Waals surface area (Å²) in [5, 5.41) is 10.3. The molecule has 0 radical (unpaired) electrons. The van der Waals surface area contributed by atoms with E-state index >= 15 is 0 Å². The van der Waals surface area contributed by atoms with Gasteiger partial charge >= 0.3 is 23.9 Å². The van der Waals surface area contributed by atoms with Crippen LogP contribution in [0, 0.1) is 16.0 Å². The Hall–Kier alpha value is -4.02. The van der Waals surface area contributed by atoms with Crippen molar-refractivity contribution in [2.45, 2.75) is 84.0 Å². The minimum Gasteiger partial charge on any atom is -0.464 e. The largest absolute Gasteiger partial charge is 0.464 e. The molecule has 218 valence electrons. The third-order valence-corrected chi connectivity index (χ3v) is 7.21. The molecule has 4 rings (SSSR count). The predicted molar refractivity (Wildman–Crippen MR) is 142 cm³/mol. The summed E-state index contributed by atoms with van der Waals surface area (Å²) >= 11 is 5.86. The second-order valence-corrected chi connectivity index (χ2v) is 10.1. The van der Waals surface area contributed by atoms with E-state index < -0.39 is 54.5 Å². The zero-order valence-electron chi connectivity index (χ0n) is 23.0. The van der Waals surface area contributed by atoms with Crippen LogP contribution in [-0.4, -0.2) is 59.5 Å². The number of furan rings is 1. The van der Waals surface area contributed by atoms with Crippen molar-refractivity contribution < 1.29 is 47.3 Å². The Morgan fingerprint density at radius 2 is 1.61 bits per heavy atom. The summed E-state index contributed by atoms with van der Waals surface area (Å²) in [5.41, 5.74) is 2.29. The summed E-state index contributed by atoms with van der Waals surface area (Å²) in [6, 6.07) is 5.66. The van der Waals surface area contributed by atoms with Crippen LogP contribution in [0.2, 0.25) is 0 Å². The highest BCUT2D eigenvalue weighted by molar-refractivity contribution is 7.71. The number of rotatable bonds is 7. The minimum absolute atomic E-state index is 0.0837. The van der Waals surface area contributed by atoms with Gasteiger partial charge in [-0.1, -0.05) is 12.2 Å². The van der Waals surface area contributed by atoms with E-state index in [0.29, 0.717) is 24.2 Å². The van der Waals surface area contributed by atoms with Gasteiger partial charge in [0.2, 0.25) is 0 Å². The number of carbonyl (C=O) groups is 4. The van der Waals surface area contributed by atoms with Gasteiger partial charge in [0.05, 0.1) is 11.8 Å². The second-order valence-electron chi connectivity index (χ2n) is 9.74. The molecule has 0 unspecified atom stereocenters. The highest BCUT2D eigenvalue weighted by Crippen LogP contribution is 2.41. The molecule has 5 atom stereocenters. The fourth-order valence-electron chi connectivity index (χ4n) is 5.40. The molecule has 2 aromatic rings. The number of pyridine rings is 1. The van der Waals surface area contributed by atoms with Gasteiger partial charge in [-0.25, -0.2) is 0 Å². The van der Waals surface area contributed by atoms with Crippen LogP contribution in [0.3, 0.4) is 0 Å². The molecular formula is C28H30N2O10S. The maximum atomic E-state index is 12.4. The van der Waals surface area contributed by atoms with Gasteiger partial charge in [-0.2, -0.15) is 5.26 Å². The molecule has 0 N–H and O–H groups in total. The van der Waals surface area contributed by atoms with Gasteiger partial charge in [-0.05, 0) is 43.4 Å². The third-order valence-electron chi connectivity index (χ3n) is 6.81.